The van der Waals surface area contributed by atoms with Crippen LogP contribution in [-0.2, 0) is 6.42 Å². The zero-order chi connectivity index (χ0) is 11.5. The molecule has 3 heteroatoms. The molecule has 0 radical (unpaired) electrons. The molecular formula is C13H11BrO2. The molecule has 0 aromatic heterocycles. The highest BCUT2D eigenvalue weighted by atomic mass is 79.9. The van der Waals surface area contributed by atoms with Gasteiger partial charge in [0.15, 0.2) is 0 Å². The minimum atomic E-state index is 0.167. The fourth-order valence-electron chi connectivity index (χ4n) is 1.56. The van der Waals surface area contributed by atoms with E-state index in [1.807, 2.05) is 24.3 Å². The van der Waals surface area contributed by atoms with Crippen LogP contribution in [0.1, 0.15) is 11.1 Å². The fourth-order valence-corrected chi connectivity index (χ4v) is 1.99. The number of aromatic hydroxyl groups is 2. The molecule has 16 heavy (non-hydrogen) atoms. The van der Waals surface area contributed by atoms with E-state index in [-0.39, 0.29) is 11.5 Å². The van der Waals surface area contributed by atoms with Gasteiger partial charge in [0.2, 0.25) is 0 Å². The van der Waals surface area contributed by atoms with Gasteiger partial charge in [-0.1, -0.05) is 34.1 Å². The second-order valence-electron chi connectivity index (χ2n) is 3.58. The predicted molar refractivity (Wildman–Crippen MR) is 66.7 cm³/mol. The molecule has 0 aliphatic rings. The van der Waals surface area contributed by atoms with Crippen molar-refractivity contribution in [3.63, 3.8) is 0 Å². The molecule has 2 aromatic carbocycles. The summed E-state index contributed by atoms with van der Waals surface area (Å²) in [5.74, 6) is 0.369. The molecule has 2 rings (SSSR count). The lowest BCUT2D eigenvalue weighted by atomic mass is 10.0. The molecule has 0 amide bonds. The number of halogens is 1. The zero-order valence-corrected chi connectivity index (χ0v) is 10.1. The summed E-state index contributed by atoms with van der Waals surface area (Å²) >= 11 is 3.45. The molecular weight excluding hydrogens is 268 g/mol. The summed E-state index contributed by atoms with van der Waals surface area (Å²) in [5.41, 5.74) is 1.79. The lowest BCUT2D eigenvalue weighted by molar-refractivity contribution is 0.455. The van der Waals surface area contributed by atoms with Gasteiger partial charge in [0.05, 0.1) is 0 Å². The van der Waals surface area contributed by atoms with E-state index in [4.69, 9.17) is 0 Å². The molecule has 0 aliphatic heterocycles. The van der Waals surface area contributed by atoms with Crippen LogP contribution in [0.4, 0.5) is 0 Å². The summed E-state index contributed by atoms with van der Waals surface area (Å²) in [6.07, 6.45) is 0.585. The van der Waals surface area contributed by atoms with Gasteiger partial charge in [0.25, 0.3) is 0 Å². The van der Waals surface area contributed by atoms with E-state index in [2.05, 4.69) is 15.9 Å². The maximum atomic E-state index is 9.66. The summed E-state index contributed by atoms with van der Waals surface area (Å²) in [6.45, 7) is 0. The highest BCUT2D eigenvalue weighted by Crippen LogP contribution is 2.27. The summed E-state index contributed by atoms with van der Waals surface area (Å²) in [5, 5.41) is 19.0. The monoisotopic (exact) mass is 278 g/mol. The number of hydrogen-bond acceptors (Lipinski definition) is 2. The summed E-state index contributed by atoms with van der Waals surface area (Å²) in [6, 6.07) is 12.4. The molecule has 0 bridgehead atoms. The Bertz CT molecular complexity index is 509. The van der Waals surface area contributed by atoms with Gasteiger partial charge >= 0.3 is 0 Å². The van der Waals surface area contributed by atoms with Crippen LogP contribution in [0.2, 0.25) is 0 Å². The van der Waals surface area contributed by atoms with Gasteiger partial charge in [-0.15, -0.1) is 0 Å². The lowest BCUT2D eigenvalue weighted by Crippen LogP contribution is -1.90. The molecule has 2 aromatic rings. The van der Waals surface area contributed by atoms with Crippen LogP contribution >= 0.6 is 15.9 Å². The summed E-state index contributed by atoms with van der Waals surface area (Å²) in [7, 11) is 0. The average molecular weight is 279 g/mol. The summed E-state index contributed by atoms with van der Waals surface area (Å²) in [4.78, 5) is 0. The molecule has 2 nitrogen and oxygen atoms in total. The second-order valence-corrected chi connectivity index (χ2v) is 4.44. The van der Waals surface area contributed by atoms with Gasteiger partial charge in [-0.2, -0.15) is 0 Å². The number of hydrogen-bond donors (Lipinski definition) is 2. The molecule has 0 fully saturated rings. The van der Waals surface area contributed by atoms with Crippen molar-refractivity contribution < 1.29 is 10.2 Å². The van der Waals surface area contributed by atoms with Crippen molar-refractivity contribution >= 4 is 15.9 Å². The van der Waals surface area contributed by atoms with E-state index in [0.29, 0.717) is 12.0 Å². The highest BCUT2D eigenvalue weighted by Gasteiger charge is 2.05. The molecule has 0 saturated carbocycles. The number of phenols is 2. The van der Waals surface area contributed by atoms with Crippen molar-refractivity contribution in [2.45, 2.75) is 6.42 Å². The smallest absolute Gasteiger partial charge is 0.119 e. The highest BCUT2D eigenvalue weighted by molar-refractivity contribution is 9.10. The Morgan fingerprint density at radius 3 is 2.44 bits per heavy atom. The maximum Gasteiger partial charge on any atom is 0.119 e. The largest absolute Gasteiger partial charge is 0.508 e. The van der Waals surface area contributed by atoms with Crippen molar-refractivity contribution in [2.24, 2.45) is 0 Å². The first-order chi connectivity index (χ1) is 7.66. The van der Waals surface area contributed by atoms with E-state index in [1.165, 1.54) is 12.1 Å². The first kappa shape index (κ1) is 11.0. The Kier molecular flexibility index (Phi) is 3.15. The van der Waals surface area contributed by atoms with Crippen molar-refractivity contribution in [3.05, 3.63) is 58.1 Å². The molecule has 0 unspecified atom stereocenters. The van der Waals surface area contributed by atoms with Gasteiger partial charge in [-0.3, -0.25) is 0 Å². The van der Waals surface area contributed by atoms with E-state index in [9.17, 15) is 10.2 Å². The third-order valence-electron chi connectivity index (χ3n) is 2.40. The molecule has 0 heterocycles. The Balaban J connectivity index is 2.34. The Morgan fingerprint density at radius 1 is 0.938 bits per heavy atom. The summed E-state index contributed by atoms with van der Waals surface area (Å²) < 4.78 is 0.998. The molecule has 82 valence electrons. The van der Waals surface area contributed by atoms with Gasteiger partial charge in [-0.05, 0) is 29.8 Å². The van der Waals surface area contributed by atoms with E-state index < -0.39 is 0 Å². The van der Waals surface area contributed by atoms with Crippen LogP contribution in [0.15, 0.2) is 46.9 Å². The van der Waals surface area contributed by atoms with Gasteiger partial charge in [0, 0.05) is 16.5 Å². The molecule has 0 atom stereocenters. The lowest BCUT2D eigenvalue weighted by Gasteiger charge is -2.07. The topological polar surface area (TPSA) is 40.5 Å². The predicted octanol–water partition coefficient (Wildman–Crippen LogP) is 3.45. The third-order valence-corrected chi connectivity index (χ3v) is 3.18. The third kappa shape index (κ3) is 2.36. The standard InChI is InChI=1S/C13H11BrO2/c14-12-4-2-1-3-9(12)7-10-8-11(15)5-6-13(10)16/h1-6,8,15-16H,7H2. The molecule has 0 aliphatic carbocycles. The van der Waals surface area contributed by atoms with Crippen molar-refractivity contribution in [1.82, 2.24) is 0 Å². The Hall–Kier alpha value is -1.48. The van der Waals surface area contributed by atoms with E-state index in [0.717, 1.165) is 10.0 Å². The zero-order valence-electron chi connectivity index (χ0n) is 8.52. The number of rotatable bonds is 2. The van der Waals surface area contributed by atoms with Crippen LogP contribution < -0.4 is 0 Å². The van der Waals surface area contributed by atoms with Crippen molar-refractivity contribution in [2.75, 3.05) is 0 Å². The normalized spacial score (nSPS) is 10.3. The molecule has 0 saturated heterocycles. The Labute approximate surface area is 102 Å². The first-order valence-electron chi connectivity index (χ1n) is 4.91. The van der Waals surface area contributed by atoms with Gasteiger partial charge in [-0.25, -0.2) is 0 Å². The van der Waals surface area contributed by atoms with Crippen LogP contribution in [0.5, 0.6) is 11.5 Å². The van der Waals surface area contributed by atoms with Crippen LogP contribution in [0.25, 0.3) is 0 Å². The number of phenolic OH excluding ortho intramolecular Hbond substituents is 2. The maximum absolute atomic E-state index is 9.66. The fraction of sp³-hybridized carbons (Fsp3) is 0.0769. The van der Waals surface area contributed by atoms with Crippen molar-refractivity contribution in [1.29, 1.82) is 0 Å². The Morgan fingerprint density at radius 2 is 1.69 bits per heavy atom. The average Bonchev–Trinajstić information content (AvgIpc) is 2.27. The van der Waals surface area contributed by atoms with Crippen LogP contribution in [0.3, 0.4) is 0 Å². The SMILES string of the molecule is Oc1ccc(O)c(Cc2ccccc2Br)c1. The van der Waals surface area contributed by atoms with Gasteiger partial charge < -0.3 is 10.2 Å². The van der Waals surface area contributed by atoms with E-state index >= 15 is 0 Å². The van der Waals surface area contributed by atoms with Crippen LogP contribution in [0, 0.1) is 0 Å². The minimum absolute atomic E-state index is 0.167. The molecule has 0 spiro atoms. The molecule has 2 N–H and O–H groups in total. The quantitative estimate of drug-likeness (QED) is 0.826. The van der Waals surface area contributed by atoms with Crippen LogP contribution in [-0.4, -0.2) is 10.2 Å². The number of benzene rings is 2. The van der Waals surface area contributed by atoms with Crippen molar-refractivity contribution in [3.8, 4) is 11.5 Å². The van der Waals surface area contributed by atoms with Gasteiger partial charge in [0.1, 0.15) is 11.5 Å². The van der Waals surface area contributed by atoms with E-state index in [1.54, 1.807) is 6.07 Å². The first-order valence-corrected chi connectivity index (χ1v) is 5.70. The second kappa shape index (κ2) is 4.58. The minimum Gasteiger partial charge on any atom is -0.508 e.